The number of hydrogen-bond acceptors (Lipinski definition) is 2. The quantitative estimate of drug-likeness (QED) is 0.393. The van der Waals surface area contributed by atoms with Crippen molar-refractivity contribution in [3.63, 3.8) is 0 Å². The van der Waals surface area contributed by atoms with Crippen LogP contribution in [0.1, 0.15) is 20.8 Å². The zero-order chi connectivity index (χ0) is 6.57. The van der Waals surface area contributed by atoms with Gasteiger partial charge in [-0.3, -0.25) is 0 Å². The maximum atomic E-state index is 9.63. The summed E-state index contributed by atoms with van der Waals surface area (Å²) in [5, 5.41) is 0. The second kappa shape index (κ2) is 3.39. The van der Waals surface area contributed by atoms with E-state index in [0.29, 0.717) is 5.92 Å². The van der Waals surface area contributed by atoms with Crippen LogP contribution in [-0.4, -0.2) is 12.1 Å². The summed E-state index contributed by atoms with van der Waals surface area (Å²) in [6.07, 6.45) is 1.52. The van der Waals surface area contributed by atoms with Gasteiger partial charge >= 0.3 is 0 Å². The van der Waals surface area contributed by atoms with Crippen molar-refractivity contribution in [1.82, 2.24) is 0 Å². The summed E-state index contributed by atoms with van der Waals surface area (Å²) >= 11 is 0. The van der Waals surface area contributed by atoms with Crippen LogP contribution in [0.4, 0.5) is 0 Å². The molecule has 0 saturated heterocycles. The molecule has 0 bridgehead atoms. The minimum atomic E-state index is 0.118. The van der Waals surface area contributed by atoms with E-state index in [1.807, 2.05) is 20.8 Å². The zero-order valence-electron chi connectivity index (χ0n) is 5.51. The highest BCUT2D eigenvalue weighted by atomic mass is 16.1. The molecular formula is C6H11NO. The highest BCUT2D eigenvalue weighted by molar-refractivity contribution is 5.33. The molecule has 1 atom stereocenters. The van der Waals surface area contributed by atoms with Gasteiger partial charge in [0, 0.05) is 0 Å². The van der Waals surface area contributed by atoms with Crippen LogP contribution >= 0.6 is 0 Å². The fraction of sp³-hybridized carbons (Fsp3) is 0.833. The lowest BCUT2D eigenvalue weighted by Gasteiger charge is -2.05. The Morgan fingerprint density at radius 3 is 2.00 bits per heavy atom. The number of aliphatic imine (C=N–C) groups is 1. The van der Waals surface area contributed by atoms with Gasteiger partial charge in [-0.05, 0) is 12.8 Å². The van der Waals surface area contributed by atoms with Crippen LogP contribution in [0.2, 0.25) is 0 Å². The van der Waals surface area contributed by atoms with Gasteiger partial charge in [0.05, 0.1) is 6.04 Å². The van der Waals surface area contributed by atoms with Gasteiger partial charge in [0.15, 0.2) is 0 Å². The summed E-state index contributed by atoms with van der Waals surface area (Å²) in [5.41, 5.74) is 0. The van der Waals surface area contributed by atoms with Crippen LogP contribution in [-0.2, 0) is 4.79 Å². The molecule has 0 aromatic carbocycles. The summed E-state index contributed by atoms with van der Waals surface area (Å²) in [4.78, 5) is 13.1. The Labute approximate surface area is 49.6 Å². The summed E-state index contributed by atoms with van der Waals surface area (Å²) in [6.45, 7) is 5.94. The molecule has 0 heterocycles. The van der Waals surface area contributed by atoms with Crippen LogP contribution in [0.25, 0.3) is 0 Å². The molecule has 8 heavy (non-hydrogen) atoms. The molecule has 0 N–H and O–H groups in total. The van der Waals surface area contributed by atoms with Crippen molar-refractivity contribution in [2.24, 2.45) is 10.9 Å². The van der Waals surface area contributed by atoms with Gasteiger partial charge in [-0.25, -0.2) is 9.79 Å². The summed E-state index contributed by atoms with van der Waals surface area (Å²) in [7, 11) is 0. The van der Waals surface area contributed by atoms with E-state index in [1.54, 1.807) is 0 Å². The van der Waals surface area contributed by atoms with Crippen LogP contribution < -0.4 is 0 Å². The second-order valence-electron chi connectivity index (χ2n) is 2.21. The molecule has 0 aromatic rings. The largest absolute Gasteiger partial charge is 0.235 e. The summed E-state index contributed by atoms with van der Waals surface area (Å²) in [5.74, 6) is 0.441. The average Bonchev–Trinajstić information content (AvgIpc) is 1.67. The molecular weight excluding hydrogens is 102 g/mol. The molecule has 0 amide bonds. The second-order valence-corrected chi connectivity index (χ2v) is 2.21. The molecule has 46 valence electrons. The summed E-state index contributed by atoms with van der Waals surface area (Å²) in [6, 6.07) is 0.118. The van der Waals surface area contributed by atoms with Gasteiger partial charge in [-0.15, -0.1) is 0 Å². The molecule has 2 heteroatoms. The Bertz CT molecular complexity index is 103. The number of isocyanates is 1. The molecule has 0 saturated carbocycles. The van der Waals surface area contributed by atoms with Gasteiger partial charge in [-0.2, -0.15) is 0 Å². The van der Waals surface area contributed by atoms with Crippen LogP contribution in [0.3, 0.4) is 0 Å². The molecule has 2 nitrogen and oxygen atoms in total. The van der Waals surface area contributed by atoms with Gasteiger partial charge in [0.2, 0.25) is 6.08 Å². The SMILES string of the molecule is CC(C)C(C)N=C=O. The first kappa shape index (κ1) is 7.38. The fourth-order valence-electron chi connectivity index (χ4n) is 0.232. The van der Waals surface area contributed by atoms with E-state index in [-0.39, 0.29) is 6.04 Å². The first-order valence-corrected chi connectivity index (χ1v) is 2.75. The van der Waals surface area contributed by atoms with Gasteiger partial charge in [-0.1, -0.05) is 13.8 Å². The molecule has 0 aliphatic rings. The Morgan fingerprint density at radius 1 is 1.38 bits per heavy atom. The first-order valence-electron chi connectivity index (χ1n) is 2.75. The monoisotopic (exact) mass is 113 g/mol. The molecule has 0 radical (unpaired) electrons. The van der Waals surface area contributed by atoms with E-state index in [1.165, 1.54) is 6.08 Å². The predicted octanol–water partition coefficient (Wildman–Crippen LogP) is 1.37. The van der Waals surface area contributed by atoms with Crippen LogP contribution in [0.5, 0.6) is 0 Å². The van der Waals surface area contributed by atoms with Crippen molar-refractivity contribution in [1.29, 1.82) is 0 Å². The van der Waals surface area contributed by atoms with Crippen LogP contribution in [0, 0.1) is 5.92 Å². The van der Waals surface area contributed by atoms with E-state index in [0.717, 1.165) is 0 Å². The van der Waals surface area contributed by atoms with E-state index in [4.69, 9.17) is 0 Å². The van der Waals surface area contributed by atoms with Gasteiger partial charge < -0.3 is 0 Å². The third-order valence-electron chi connectivity index (χ3n) is 1.22. The molecule has 0 aliphatic carbocycles. The summed E-state index contributed by atoms with van der Waals surface area (Å²) < 4.78 is 0. The predicted molar refractivity (Wildman–Crippen MR) is 32.4 cm³/mol. The van der Waals surface area contributed by atoms with Crippen molar-refractivity contribution in [2.45, 2.75) is 26.8 Å². The maximum absolute atomic E-state index is 9.63. The third-order valence-corrected chi connectivity index (χ3v) is 1.22. The van der Waals surface area contributed by atoms with Crippen molar-refractivity contribution in [2.75, 3.05) is 0 Å². The van der Waals surface area contributed by atoms with Crippen molar-refractivity contribution >= 4 is 6.08 Å². The Kier molecular flexibility index (Phi) is 3.13. The highest BCUT2D eigenvalue weighted by Gasteiger charge is 2.01. The van der Waals surface area contributed by atoms with E-state index < -0.39 is 0 Å². The third kappa shape index (κ3) is 2.54. The minimum Gasteiger partial charge on any atom is -0.211 e. The van der Waals surface area contributed by atoms with E-state index >= 15 is 0 Å². The molecule has 0 fully saturated rings. The van der Waals surface area contributed by atoms with Gasteiger partial charge in [0.1, 0.15) is 0 Å². The fourth-order valence-corrected chi connectivity index (χ4v) is 0.232. The lowest BCUT2D eigenvalue weighted by atomic mass is 10.1. The zero-order valence-corrected chi connectivity index (χ0v) is 5.51. The molecule has 0 aromatic heterocycles. The first-order chi connectivity index (χ1) is 3.68. The molecule has 0 spiro atoms. The highest BCUT2D eigenvalue weighted by Crippen LogP contribution is 2.02. The molecule has 0 rings (SSSR count). The maximum Gasteiger partial charge on any atom is 0.235 e. The Hall–Kier alpha value is -0.620. The van der Waals surface area contributed by atoms with Crippen molar-refractivity contribution < 1.29 is 4.79 Å². The van der Waals surface area contributed by atoms with Crippen LogP contribution in [0.15, 0.2) is 4.99 Å². The average molecular weight is 113 g/mol. The van der Waals surface area contributed by atoms with Crippen molar-refractivity contribution in [3.8, 4) is 0 Å². The Balaban J connectivity index is 3.63. The molecule has 0 aliphatic heterocycles. The number of nitrogens with zero attached hydrogens (tertiary/aromatic N) is 1. The minimum absolute atomic E-state index is 0.118. The molecule has 1 unspecified atom stereocenters. The van der Waals surface area contributed by atoms with E-state index in [9.17, 15) is 4.79 Å². The lowest BCUT2D eigenvalue weighted by molar-refractivity contribution is 0.514. The normalized spacial score (nSPS) is 13.0. The number of hydrogen-bond donors (Lipinski definition) is 0. The van der Waals surface area contributed by atoms with Gasteiger partial charge in [0.25, 0.3) is 0 Å². The topological polar surface area (TPSA) is 29.4 Å². The number of rotatable bonds is 2. The lowest BCUT2D eigenvalue weighted by Crippen LogP contribution is -2.05. The van der Waals surface area contributed by atoms with E-state index in [2.05, 4.69) is 4.99 Å². The Morgan fingerprint density at radius 2 is 1.88 bits per heavy atom. The smallest absolute Gasteiger partial charge is 0.211 e. The number of carbonyl (C=O) groups excluding carboxylic acids is 1. The standard InChI is InChI=1S/C6H11NO/c1-5(2)6(3)7-4-8/h5-6H,1-3H3. The van der Waals surface area contributed by atoms with Crippen molar-refractivity contribution in [3.05, 3.63) is 0 Å².